The molecule has 0 bridgehead atoms. The molecule has 0 saturated carbocycles. The Morgan fingerprint density at radius 3 is 1.35 bits per heavy atom. The lowest BCUT2D eigenvalue weighted by molar-refractivity contribution is 0.555. The monoisotopic (exact) mass is 318 g/mol. The zero-order chi connectivity index (χ0) is 15.5. The standard InChI is InChI=1S/C20H19N2P/c1-4-10-16(11-5-1)19-21-22-20(17-12-6-2-7-13-17)23(19)18-14-8-3-9-15-18/h1-15,19-22H/t19-,20+,23?. The Hall–Kier alpha value is -1.99. The third kappa shape index (κ3) is 2.94. The molecule has 0 amide bonds. The van der Waals surface area contributed by atoms with Crippen LogP contribution >= 0.6 is 7.92 Å². The van der Waals surface area contributed by atoms with Gasteiger partial charge in [-0.05, 0) is 24.4 Å². The average Bonchev–Trinajstić information content (AvgIpc) is 3.09. The minimum atomic E-state index is -0.442. The third-order valence-electron chi connectivity index (χ3n) is 4.20. The molecule has 1 fully saturated rings. The van der Waals surface area contributed by atoms with Crippen molar-refractivity contribution in [3.8, 4) is 0 Å². The Kier molecular flexibility index (Phi) is 4.21. The van der Waals surface area contributed by atoms with Crippen molar-refractivity contribution in [1.82, 2.24) is 10.9 Å². The smallest absolute Gasteiger partial charge is 0.0717 e. The summed E-state index contributed by atoms with van der Waals surface area (Å²) in [6.07, 6.45) is 0. The molecule has 3 aromatic rings. The lowest BCUT2D eigenvalue weighted by Gasteiger charge is -2.24. The summed E-state index contributed by atoms with van der Waals surface area (Å²) >= 11 is 0. The molecular weight excluding hydrogens is 299 g/mol. The maximum atomic E-state index is 3.55. The van der Waals surface area contributed by atoms with Gasteiger partial charge < -0.3 is 0 Å². The third-order valence-corrected chi connectivity index (χ3v) is 7.06. The van der Waals surface area contributed by atoms with Crippen molar-refractivity contribution in [3.63, 3.8) is 0 Å². The quantitative estimate of drug-likeness (QED) is 0.704. The van der Waals surface area contributed by atoms with E-state index in [1.54, 1.807) is 0 Å². The molecule has 0 spiro atoms. The molecule has 114 valence electrons. The Balaban J connectivity index is 1.77. The fourth-order valence-electron chi connectivity index (χ4n) is 3.10. The van der Waals surface area contributed by atoms with Crippen LogP contribution in [0.2, 0.25) is 0 Å². The van der Waals surface area contributed by atoms with Gasteiger partial charge >= 0.3 is 0 Å². The fraction of sp³-hybridized carbons (Fsp3) is 0.100. The van der Waals surface area contributed by atoms with E-state index in [0.29, 0.717) is 11.6 Å². The van der Waals surface area contributed by atoms with E-state index in [0.717, 1.165) is 0 Å². The van der Waals surface area contributed by atoms with E-state index in [-0.39, 0.29) is 0 Å². The molecule has 0 aromatic heterocycles. The second-order valence-corrected chi connectivity index (χ2v) is 8.02. The largest absolute Gasteiger partial charge is 0.245 e. The zero-order valence-corrected chi connectivity index (χ0v) is 13.7. The normalized spacial score (nSPS) is 23.7. The molecule has 0 aliphatic carbocycles. The summed E-state index contributed by atoms with van der Waals surface area (Å²) in [4.78, 5) is 0. The highest BCUT2D eigenvalue weighted by atomic mass is 31.1. The molecule has 2 nitrogen and oxygen atoms in total. The highest BCUT2D eigenvalue weighted by molar-refractivity contribution is 7.66. The first kappa shape index (κ1) is 14.6. The van der Waals surface area contributed by atoms with Gasteiger partial charge in [-0.3, -0.25) is 0 Å². The lowest BCUT2D eigenvalue weighted by atomic mass is 10.2. The zero-order valence-electron chi connectivity index (χ0n) is 12.8. The summed E-state index contributed by atoms with van der Waals surface area (Å²) in [5, 5.41) is 1.42. The second kappa shape index (κ2) is 6.64. The lowest BCUT2D eigenvalue weighted by Crippen LogP contribution is -2.26. The van der Waals surface area contributed by atoms with Crippen molar-refractivity contribution in [2.75, 3.05) is 0 Å². The van der Waals surface area contributed by atoms with Gasteiger partial charge in [0.15, 0.2) is 0 Å². The summed E-state index contributed by atoms with van der Waals surface area (Å²) in [7, 11) is -0.442. The van der Waals surface area contributed by atoms with Crippen LogP contribution in [0.3, 0.4) is 0 Å². The summed E-state index contributed by atoms with van der Waals surface area (Å²) in [6, 6.07) is 32.3. The SMILES string of the molecule is c1ccc([C@H]2NN[C@@H](c3ccccc3)P2c2ccccc2)cc1. The van der Waals surface area contributed by atoms with Crippen LogP contribution in [0.1, 0.15) is 22.7 Å². The van der Waals surface area contributed by atoms with Crippen LogP contribution < -0.4 is 16.2 Å². The first-order chi connectivity index (χ1) is 11.4. The van der Waals surface area contributed by atoms with Crippen LogP contribution in [-0.2, 0) is 0 Å². The molecule has 4 rings (SSSR count). The Labute approximate surface area is 138 Å². The molecule has 1 heterocycles. The first-order valence-corrected chi connectivity index (χ1v) is 9.36. The van der Waals surface area contributed by atoms with Crippen LogP contribution in [-0.4, -0.2) is 0 Å². The maximum absolute atomic E-state index is 3.55. The van der Waals surface area contributed by atoms with E-state index in [9.17, 15) is 0 Å². The van der Waals surface area contributed by atoms with E-state index in [1.807, 2.05) is 0 Å². The van der Waals surface area contributed by atoms with Gasteiger partial charge in [-0.15, -0.1) is 0 Å². The number of benzene rings is 3. The predicted molar refractivity (Wildman–Crippen MR) is 97.6 cm³/mol. The Bertz CT molecular complexity index is 699. The fourth-order valence-corrected chi connectivity index (χ4v) is 5.93. The van der Waals surface area contributed by atoms with E-state index < -0.39 is 7.92 Å². The van der Waals surface area contributed by atoms with Gasteiger partial charge in [0.25, 0.3) is 0 Å². The minimum Gasteiger partial charge on any atom is -0.245 e. The van der Waals surface area contributed by atoms with E-state index >= 15 is 0 Å². The van der Waals surface area contributed by atoms with Gasteiger partial charge in [-0.2, -0.15) is 0 Å². The number of hydrazine groups is 1. The van der Waals surface area contributed by atoms with Crippen molar-refractivity contribution in [3.05, 3.63) is 102 Å². The molecule has 23 heavy (non-hydrogen) atoms. The Morgan fingerprint density at radius 1 is 0.522 bits per heavy atom. The summed E-state index contributed by atoms with van der Waals surface area (Å²) in [5.74, 6) is 0.637. The second-order valence-electron chi connectivity index (χ2n) is 5.66. The van der Waals surface area contributed by atoms with Gasteiger partial charge in [-0.25, -0.2) is 10.9 Å². The molecular formula is C20H19N2P. The van der Waals surface area contributed by atoms with Crippen molar-refractivity contribution in [1.29, 1.82) is 0 Å². The number of nitrogens with one attached hydrogen (secondary N) is 2. The molecule has 2 N–H and O–H groups in total. The number of rotatable bonds is 3. The van der Waals surface area contributed by atoms with Crippen LogP contribution in [0, 0.1) is 0 Å². The van der Waals surface area contributed by atoms with Crippen LogP contribution in [0.4, 0.5) is 0 Å². The van der Waals surface area contributed by atoms with Crippen LogP contribution in [0.5, 0.6) is 0 Å². The van der Waals surface area contributed by atoms with Gasteiger partial charge in [0.1, 0.15) is 0 Å². The summed E-state index contributed by atoms with van der Waals surface area (Å²) in [5.41, 5.74) is 9.78. The molecule has 1 aliphatic rings. The van der Waals surface area contributed by atoms with Gasteiger partial charge in [0.2, 0.25) is 0 Å². The molecule has 1 aliphatic heterocycles. The van der Waals surface area contributed by atoms with Crippen LogP contribution in [0.25, 0.3) is 0 Å². The van der Waals surface area contributed by atoms with E-state index in [2.05, 4.69) is 102 Å². The molecule has 0 radical (unpaired) electrons. The topological polar surface area (TPSA) is 24.1 Å². The highest BCUT2D eigenvalue weighted by Crippen LogP contribution is 2.61. The van der Waals surface area contributed by atoms with E-state index in [1.165, 1.54) is 16.4 Å². The molecule has 1 unspecified atom stereocenters. The molecule has 3 heteroatoms. The molecule has 1 saturated heterocycles. The van der Waals surface area contributed by atoms with Gasteiger partial charge in [0.05, 0.1) is 11.6 Å². The van der Waals surface area contributed by atoms with Crippen molar-refractivity contribution < 1.29 is 0 Å². The predicted octanol–water partition coefficient (Wildman–Crippen LogP) is 4.30. The first-order valence-electron chi connectivity index (χ1n) is 7.88. The highest BCUT2D eigenvalue weighted by Gasteiger charge is 2.37. The summed E-state index contributed by atoms with van der Waals surface area (Å²) < 4.78 is 0. The molecule has 3 atom stereocenters. The van der Waals surface area contributed by atoms with Crippen molar-refractivity contribution in [2.45, 2.75) is 11.6 Å². The van der Waals surface area contributed by atoms with E-state index in [4.69, 9.17) is 0 Å². The maximum Gasteiger partial charge on any atom is 0.0717 e. The van der Waals surface area contributed by atoms with Crippen LogP contribution in [0.15, 0.2) is 91.0 Å². The minimum absolute atomic E-state index is 0.318. The number of hydrogen-bond donors (Lipinski definition) is 2. The van der Waals surface area contributed by atoms with Gasteiger partial charge in [-0.1, -0.05) is 91.0 Å². The van der Waals surface area contributed by atoms with Crippen molar-refractivity contribution >= 4 is 13.2 Å². The Morgan fingerprint density at radius 2 is 0.913 bits per heavy atom. The average molecular weight is 318 g/mol. The van der Waals surface area contributed by atoms with Gasteiger partial charge in [0, 0.05) is 0 Å². The summed E-state index contributed by atoms with van der Waals surface area (Å²) in [6.45, 7) is 0. The number of hydrogen-bond acceptors (Lipinski definition) is 2. The van der Waals surface area contributed by atoms with Crippen molar-refractivity contribution in [2.24, 2.45) is 0 Å². The molecule has 3 aromatic carbocycles.